The molecule has 206 valence electrons. The molecule has 2 aliphatic heterocycles. The van der Waals surface area contributed by atoms with Crippen molar-refractivity contribution in [2.75, 3.05) is 31.5 Å². The number of hydrogen-bond donors (Lipinski definition) is 4. The first-order valence-corrected chi connectivity index (χ1v) is 13.6. The van der Waals surface area contributed by atoms with E-state index in [4.69, 9.17) is 9.47 Å². The van der Waals surface area contributed by atoms with Crippen molar-refractivity contribution >= 4 is 11.7 Å². The van der Waals surface area contributed by atoms with E-state index in [1.807, 2.05) is 73.7 Å². The predicted octanol–water partition coefficient (Wildman–Crippen LogP) is 4.33. The summed E-state index contributed by atoms with van der Waals surface area (Å²) in [5, 5.41) is 25.4. The second kappa shape index (κ2) is 12.7. The molecule has 1 unspecified atom stereocenters. The Bertz CT molecular complexity index is 1220. The minimum absolute atomic E-state index is 0.0229. The van der Waals surface area contributed by atoms with Gasteiger partial charge in [0.1, 0.15) is 0 Å². The molecule has 0 bridgehead atoms. The number of hydrogen-bond acceptors (Lipinski definition) is 6. The van der Waals surface area contributed by atoms with Crippen LogP contribution in [-0.4, -0.2) is 59.5 Å². The Morgan fingerprint density at radius 3 is 2.44 bits per heavy atom. The van der Waals surface area contributed by atoms with Gasteiger partial charge < -0.3 is 30.3 Å². The van der Waals surface area contributed by atoms with Gasteiger partial charge in [0.2, 0.25) is 0 Å². The highest BCUT2D eigenvalue weighted by Crippen LogP contribution is 2.47. The molecule has 0 spiro atoms. The number of ether oxygens (including phenoxy) is 2. The third-order valence-electron chi connectivity index (χ3n) is 7.41. The molecule has 0 saturated carbocycles. The molecule has 8 heteroatoms. The topological polar surface area (TPSA) is 103 Å². The number of nitrogens with zero attached hydrogens (tertiary/aromatic N) is 1. The standard InChI is InChI=1S/C31H37N3O5/c1-2-32-31(37)33-25-10-6-9-24(17-25)30-38-27(19-34-16-15-26(36)18-34)28(22-7-4-3-5-8-22)29(39-30)23-13-11-21(20-35)12-14-23/h3-14,17,26-30,35-36H,2,15-16,18-20H2,1H3,(H2,32,33,37)/t26-,27-,28-,29+,30?/m1/s1. The Balaban J connectivity index is 1.51. The number of anilines is 1. The van der Waals surface area contributed by atoms with Gasteiger partial charge in [-0.2, -0.15) is 0 Å². The summed E-state index contributed by atoms with van der Waals surface area (Å²) in [5.41, 5.74) is 4.41. The van der Waals surface area contributed by atoms with Crippen LogP contribution in [0.4, 0.5) is 10.5 Å². The fraction of sp³-hybridized carbons (Fsp3) is 0.387. The first-order valence-electron chi connectivity index (χ1n) is 13.6. The zero-order valence-electron chi connectivity index (χ0n) is 22.2. The van der Waals surface area contributed by atoms with Gasteiger partial charge in [0.05, 0.1) is 24.9 Å². The van der Waals surface area contributed by atoms with Crippen LogP contribution in [0.3, 0.4) is 0 Å². The highest BCUT2D eigenvalue weighted by molar-refractivity contribution is 5.89. The molecule has 0 aromatic heterocycles. The summed E-state index contributed by atoms with van der Waals surface area (Å²) in [7, 11) is 0. The van der Waals surface area contributed by atoms with Gasteiger partial charge in [-0.3, -0.25) is 4.90 Å². The van der Waals surface area contributed by atoms with Crippen LogP contribution in [0.5, 0.6) is 0 Å². The van der Waals surface area contributed by atoms with Gasteiger partial charge in [-0.1, -0.05) is 66.7 Å². The van der Waals surface area contributed by atoms with Crippen molar-refractivity contribution in [3.63, 3.8) is 0 Å². The maximum Gasteiger partial charge on any atom is 0.319 e. The zero-order chi connectivity index (χ0) is 27.2. The van der Waals surface area contributed by atoms with Crippen molar-refractivity contribution in [3.05, 3.63) is 101 Å². The number of carbonyl (C=O) groups excluding carboxylic acids is 1. The van der Waals surface area contributed by atoms with E-state index in [1.165, 1.54) is 0 Å². The van der Waals surface area contributed by atoms with Crippen LogP contribution >= 0.6 is 0 Å². The molecule has 2 amide bonds. The number of amides is 2. The van der Waals surface area contributed by atoms with Gasteiger partial charge in [-0.25, -0.2) is 4.79 Å². The van der Waals surface area contributed by atoms with Crippen molar-refractivity contribution < 1.29 is 24.5 Å². The largest absolute Gasteiger partial charge is 0.392 e. The van der Waals surface area contributed by atoms with Crippen molar-refractivity contribution in [1.29, 1.82) is 0 Å². The minimum atomic E-state index is -0.666. The van der Waals surface area contributed by atoms with E-state index < -0.39 is 6.29 Å². The number of likely N-dealkylation sites (tertiary alicyclic amines) is 1. The monoisotopic (exact) mass is 531 g/mol. The SMILES string of the molecule is CCNC(=O)Nc1cccc(C2O[C@H](CN3CC[C@@H](O)C3)[C@@H](c3ccccc3)[C@H](c3ccc(CO)cc3)O2)c1. The minimum Gasteiger partial charge on any atom is -0.392 e. The number of benzene rings is 3. The number of aliphatic hydroxyl groups is 2. The normalized spacial score (nSPS) is 25.4. The van der Waals surface area contributed by atoms with E-state index in [1.54, 1.807) is 0 Å². The fourth-order valence-electron chi connectivity index (χ4n) is 5.50. The first-order chi connectivity index (χ1) is 19.0. The van der Waals surface area contributed by atoms with Crippen LogP contribution in [0.1, 0.15) is 53.9 Å². The van der Waals surface area contributed by atoms with E-state index >= 15 is 0 Å². The fourth-order valence-corrected chi connectivity index (χ4v) is 5.50. The average Bonchev–Trinajstić information content (AvgIpc) is 3.37. The van der Waals surface area contributed by atoms with Crippen LogP contribution < -0.4 is 10.6 Å². The van der Waals surface area contributed by atoms with E-state index in [0.29, 0.717) is 25.3 Å². The second-order valence-electron chi connectivity index (χ2n) is 10.2. The number of nitrogens with one attached hydrogen (secondary N) is 2. The van der Waals surface area contributed by atoms with Gasteiger partial charge in [0.15, 0.2) is 6.29 Å². The van der Waals surface area contributed by atoms with Gasteiger partial charge in [-0.05, 0) is 42.2 Å². The van der Waals surface area contributed by atoms with Crippen LogP contribution in [0.25, 0.3) is 0 Å². The Hall–Kier alpha value is -3.27. The Labute approximate surface area is 229 Å². The van der Waals surface area contributed by atoms with Crippen molar-refractivity contribution in [3.8, 4) is 0 Å². The summed E-state index contributed by atoms with van der Waals surface area (Å²) in [6, 6.07) is 25.4. The van der Waals surface area contributed by atoms with Gasteiger partial charge >= 0.3 is 6.03 Å². The molecule has 2 aliphatic rings. The number of rotatable bonds is 8. The molecule has 2 heterocycles. The molecule has 39 heavy (non-hydrogen) atoms. The molecular weight excluding hydrogens is 494 g/mol. The van der Waals surface area contributed by atoms with E-state index in [2.05, 4.69) is 27.7 Å². The third-order valence-corrected chi connectivity index (χ3v) is 7.41. The van der Waals surface area contributed by atoms with Gasteiger partial charge in [0, 0.05) is 43.3 Å². The zero-order valence-corrected chi connectivity index (χ0v) is 22.2. The molecule has 2 fully saturated rings. The van der Waals surface area contributed by atoms with Crippen LogP contribution in [-0.2, 0) is 16.1 Å². The second-order valence-corrected chi connectivity index (χ2v) is 10.2. The number of β-amino-alcohol motifs (C(OH)–C–C–N with tert-alkyl or cyclic N) is 1. The molecular formula is C31H37N3O5. The van der Waals surface area contributed by atoms with Crippen molar-refractivity contribution in [2.45, 2.75) is 50.5 Å². The van der Waals surface area contributed by atoms with Crippen molar-refractivity contribution in [1.82, 2.24) is 10.2 Å². The lowest BCUT2D eigenvalue weighted by Crippen LogP contribution is -2.44. The third kappa shape index (κ3) is 6.66. The van der Waals surface area contributed by atoms with Crippen LogP contribution in [0, 0.1) is 0 Å². The Kier molecular flexibility index (Phi) is 8.91. The van der Waals surface area contributed by atoms with Crippen LogP contribution in [0.15, 0.2) is 78.9 Å². The van der Waals surface area contributed by atoms with Crippen molar-refractivity contribution in [2.24, 2.45) is 0 Å². The summed E-state index contributed by atoms with van der Waals surface area (Å²) >= 11 is 0. The number of carbonyl (C=O) groups is 1. The summed E-state index contributed by atoms with van der Waals surface area (Å²) in [5.74, 6) is -0.100. The lowest BCUT2D eigenvalue weighted by Gasteiger charge is -2.44. The molecule has 3 aromatic rings. The van der Waals surface area contributed by atoms with Gasteiger partial charge in [-0.15, -0.1) is 0 Å². The molecule has 0 aliphatic carbocycles. The quantitative estimate of drug-likeness (QED) is 0.345. The molecule has 5 atom stereocenters. The highest BCUT2D eigenvalue weighted by atomic mass is 16.7. The number of urea groups is 1. The maximum atomic E-state index is 12.1. The van der Waals surface area contributed by atoms with Crippen LogP contribution in [0.2, 0.25) is 0 Å². The lowest BCUT2D eigenvalue weighted by molar-refractivity contribution is -0.263. The number of aliphatic hydroxyl groups excluding tert-OH is 2. The molecule has 5 rings (SSSR count). The molecule has 3 aromatic carbocycles. The first kappa shape index (κ1) is 27.3. The lowest BCUT2D eigenvalue weighted by atomic mass is 9.83. The molecule has 8 nitrogen and oxygen atoms in total. The summed E-state index contributed by atoms with van der Waals surface area (Å²) in [6.07, 6.45) is -0.784. The van der Waals surface area contributed by atoms with Gasteiger partial charge in [0.25, 0.3) is 0 Å². The Morgan fingerprint density at radius 1 is 0.974 bits per heavy atom. The Morgan fingerprint density at radius 2 is 1.74 bits per heavy atom. The van der Waals surface area contributed by atoms with E-state index in [0.717, 1.165) is 35.2 Å². The summed E-state index contributed by atoms with van der Waals surface area (Å²) < 4.78 is 13.5. The predicted molar refractivity (Wildman–Crippen MR) is 149 cm³/mol. The van der Waals surface area contributed by atoms with E-state index in [9.17, 15) is 15.0 Å². The maximum absolute atomic E-state index is 12.1. The highest BCUT2D eigenvalue weighted by Gasteiger charge is 2.43. The smallest absolute Gasteiger partial charge is 0.319 e. The molecule has 2 saturated heterocycles. The molecule has 0 radical (unpaired) electrons. The van der Waals surface area contributed by atoms with E-state index in [-0.39, 0.29) is 36.9 Å². The molecule has 4 N–H and O–H groups in total. The summed E-state index contributed by atoms with van der Waals surface area (Å²) in [6.45, 7) is 4.47. The average molecular weight is 532 g/mol. The summed E-state index contributed by atoms with van der Waals surface area (Å²) in [4.78, 5) is 14.4.